The van der Waals surface area contributed by atoms with Crippen LogP contribution in [0.4, 0.5) is 0 Å². The van der Waals surface area contributed by atoms with Gasteiger partial charge in [0.2, 0.25) is 0 Å². The third-order valence-corrected chi connectivity index (χ3v) is 9.43. The fraction of sp³-hybridized carbons (Fsp3) is 0. The van der Waals surface area contributed by atoms with Crippen LogP contribution < -0.4 is 0 Å². The van der Waals surface area contributed by atoms with Gasteiger partial charge in [-0.05, 0) is 83.6 Å². The molecular weight excluding hydrogens is 546 g/mol. The van der Waals surface area contributed by atoms with Crippen molar-refractivity contribution in [1.82, 2.24) is 13.7 Å². The van der Waals surface area contributed by atoms with Gasteiger partial charge in [0, 0.05) is 50.2 Å². The van der Waals surface area contributed by atoms with Crippen molar-refractivity contribution in [1.29, 1.82) is 0 Å². The van der Waals surface area contributed by atoms with Crippen molar-refractivity contribution < 1.29 is 0 Å². The molecule has 0 atom stereocenters. The normalized spacial score (nSPS) is 12.0. The van der Waals surface area contributed by atoms with Gasteiger partial charge in [-0.3, -0.25) is 0 Å². The van der Waals surface area contributed by atoms with E-state index in [-0.39, 0.29) is 0 Å². The summed E-state index contributed by atoms with van der Waals surface area (Å²) in [5.74, 6) is 0. The number of aromatic nitrogens is 3. The lowest BCUT2D eigenvalue weighted by Crippen LogP contribution is -1.96. The molecule has 0 saturated carbocycles. The molecule has 3 heteroatoms. The molecule has 45 heavy (non-hydrogen) atoms. The Balaban J connectivity index is 1.33. The SMILES string of the molecule is c1ccc(-n2ccc3cc4c5c6ccccc6ccc5n(-c5ccc6c(c5)c5ccccc5n6-c5ccccc5)c4cc32)cc1. The molecule has 0 aliphatic rings. The van der Waals surface area contributed by atoms with E-state index in [4.69, 9.17) is 0 Å². The Morgan fingerprint density at radius 3 is 1.82 bits per heavy atom. The van der Waals surface area contributed by atoms with Gasteiger partial charge in [-0.15, -0.1) is 0 Å². The van der Waals surface area contributed by atoms with Crippen molar-refractivity contribution in [3.05, 3.63) is 164 Å². The number of hydrogen-bond donors (Lipinski definition) is 0. The molecule has 10 aromatic rings. The van der Waals surface area contributed by atoms with Crippen LogP contribution in [-0.4, -0.2) is 13.7 Å². The molecule has 0 bridgehead atoms. The molecule has 7 aromatic carbocycles. The van der Waals surface area contributed by atoms with E-state index in [0.29, 0.717) is 0 Å². The van der Waals surface area contributed by atoms with Crippen LogP contribution in [0.15, 0.2) is 164 Å². The van der Waals surface area contributed by atoms with Crippen molar-refractivity contribution in [3.63, 3.8) is 0 Å². The molecule has 0 saturated heterocycles. The second-order valence-electron chi connectivity index (χ2n) is 11.9. The van der Waals surface area contributed by atoms with E-state index in [9.17, 15) is 0 Å². The molecule has 0 aliphatic carbocycles. The molecule has 0 unspecified atom stereocenters. The lowest BCUT2D eigenvalue weighted by atomic mass is 10.0. The summed E-state index contributed by atoms with van der Waals surface area (Å²) in [7, 11) is 0. The fourth-order valence-corrected chi connectivity index (χ4v) is 7.46. The summed E-state index contributed by atoms with van der Waals surface area (Å²) in [6, 6.07) is 57.3. The third-order valence-electron chi connectivity index (χ3n) is 9.43. The summed E-state index contributed by atoms with van der Waals surface area (Å²) in [4.78, 5) is 0. The van der Waals surface area contributed by atoms with Gasteiger partial charge >= 0.3 is 0 Å². The molecule has 210 valence electrons. The molecule has 0 aliphatic heterocycles. The molecule has 0 spiro atoms. The smallest absolute Gasteiger partial charge is 0.0562 e. The number of hydrogen-bond acceptors (Lipinski definition) is 0. The highest BCUT2D eigenvalue weighted by atomic mass is 15.0. The summed E-state index contributed by atoms with van der Waals surface area (Å²) in [5.41, 5.74) is 9.53. The molecule has 0 amide bonds. The quantitative estimate of drug-likeness (QED) is 0.200. The van der Waals surface area contributed by atoms with E-state index in [0.717, 1.165) is 11.4 Å². The van der Waals surface area contributed by atoms with Gasteiger partial charge in [0.05, 0.1) is 27.6 Å². The van der Waals surface area contributed by atoms with Crippen LogP contribution >= 0.6 is 0 Å². The molecule has 3 nitrogen and oxygen atoms in total. The van der Waals surface area contributed by atoms with E-state index < -0.39 is 0 Å². The Labute approximate surface area is 259 Å². The Kier molecular flexibility index (Phi) is 5.00. The highest BCUT2D eigenvalue weighted by molar-refractivity contribution is 6.23. The van der Waals surface area contributed by atoms with Crippen LogP contribution in [0.25, 0.3) is 82.3 Å². The Morgan fingerprint density at radius 2 is 0.978 bits per heavy atom. The molecule has 3 heterocycles. The second kappa shape index (κ2) is 9.22. The van der Waals surface area contributed by atoms with Crippen LogP contribution in [0.1, 0.15) is 0 Å². The summed E-state index contributed by atoms with van der Waals surface area (Å²) in [6.45, 7) is 0. The summed E-state index contributed by atoms with van der Waals surface area (Å²) >= 11 is 0. The standard InChI is InChI=1S/C42H27N3/c1-3-12-30(13-4-1)43-24-23-29-25-36-41(27-40(29)43)45(39-21-19-28-11-7-8-16-33(28)42(36)39)32-20-22-38-35(26-32)34-17-9-10-18-37(34)44(38)31-14-5-2-6-15-31/h1-27H. The molecule has 0 radical (unpaired) electrons. The first-order valence-electron chi connectivity index (χ1n) is 15.4. The van der Waals surface area contributed by atoms with Crippen molar-refractivity contribution in [2.75, 3.05) is 0 Å². The van der Waals surface area contributed by atoms with Crippen LogP contribution in [-0.2, 0) is 0 Å². The van der Waals surface area contributed by atoms with Gasteiger partial charge in [-0.25, -0.2) is 0 Å². The number of para-hydroxylation sites is 3. The maximum Gasteiger partial charge on any atom is 0.0562 e. The average Bonchev–Trinajstić information content (AvgIpc) is 3.77. The zero-order chi connectivity index (χ0) is 29.5. The molecule has 0 N–H and O–H groups in total. The van der Waals surface area contributed by atoms with Crippen molar-refractivity contribution >= 4 is 65.3 Å². The zero-order valence-corrected chi connectivity index (χ0v) is 24.4. The topological polar surface area (TPSA) is 14.8 Å². The lowest BCUT2D eigenvalue weighted by molar-refractivity contribution is 1.12. The monoisotopic (exact) mass is 573 g/mol. The number of nitrogens with zero attached hydrogens (tertiary/aromatic N) is 3. The molecular formula is C42H27N3. The van der Waals surface area contributed by atoms with Crippen molar-refractivity contribution in [2.45, 2.75) is 0 Å². The van der Waals surface area contributed by atoms with Gasteiger partial charge < -0.3 is 13.7 Å². The van der Waals surface area contributed by atoms with E-state index in [1.807, 2.05) is 0 Å². The minimum atomic E-state index is 1.16. The van der Waals surface area contributed by atoms with Gasteiger partial charge in [0.1, 0.15) is 0 Å². The summed E-state index contributed by atoms with van der Waals surface area (Å²) in [6.07, 6.45) is 2.19. The van der Waals surface area contributed by atoms with Crippen LogP contribution in [0.5, 0.6) is 0 Å². The first-order chi connectivity index (χ1) is 22.3. The summed E-state index contributed by atoms with van der Waals surface area (Å²) in [5, 5.41) is 8.84. The predicted octanol–water partition coefficient (Wildman–Crippen LogP) is 11.0. The van der Waals surface area contributed by atoms with Crippen molar-refractivity contribution in [2.24, 2.45) is 0 Å². The fourth-order valence-electron chi connectivity index (χ4n) is 7.46. The van der Waals surface area contributed by atoms with E-state index >= 15 is 0 Å². The zero-order valence-electron chi connectivity index (χ0n) is 24.4. The van der Waals surface area contributed by atoms with E-state index in [2.05, 4.69) is 178 Å². The highest BCUT2D eigenvalue weighted by Gasteiger charge is 2.19. The highest BCUT2D eigenvalue weighted by Crippen LogP contribution is 2.41. The first kappa shape index (κ1) is 24.4. The number of rotatable bonds is 3. The summed E-state index contributed by atoms with van der Waals surface area (Å²) < 4.78 is 7.14. The number of benzene rings is 7. The second-order valence-corrected chi connectivity index (χ2v) is 11.9. The van der Waals surface area contributed by atoms with Gasteiger partial charge in [-0.2, -0.15) is 0 Å². The average molecular weight is 574 g/mol. The van der Waals surface area contributed by atoms with Crippen LogP contribution in [0.3, 0.4) is 0 Å². The maximum absolute atomic E-state index is 2.47. The Hall–Kier alpha value is -6.06. The Morgan fingerprint density at radius 1 is 0.311 bits per heavy atom. The third kappa shape index (κ3) is 3.46. The largest absolute Gasteiger partial charge is 0.316 e. The molecule has 10 rings (SSSR count). The minimum Gasteiger partial charge on any atom is -0.316 e. The van der Waals surface area contributed by atoms with Crippen molar-refractivity contribution in [3.8, 4) is 17.1 Å². The van der Waals surface area contributed by atoms with E-state index in [1.165, 1.54) is 71.0 Å². The number of fused-ring (bicyclic) bond motifs is 9. The predicted molar refractivity (Wildman–Crippen MR) is 189 cm³/mol. The Bertz CT molecular complexity index is 2740. The van der Waals surface area contributed by atoms with Gasteiger partial charge in [-0.1, -0.05) is 84.9 Å². The molecule has 3 aromatic heterocycles. The van der Waals surface area contributed by atoms with Gasteiger partial charge in [0.15, 0.2) is 0 Å². The van der Waals surface area contributed by atoms with Gasteiger partial charge in [0.25, 0.3) is 0 Å². The van der Waals surface area contributed by atoms with Crippen LogP contribution in [0, 0.1) is 0 Å². The first-order valence-corrected chi connectivity index (χ1v) is 15.4. The molecule has 0 fully saturated rings. The van der Waals surface area contributed by atoms with Crippen LogP contribution in [0.2, 0.25) is 0 Å². The van der Waals surface area contributed by atoms with E-state index in [1.54, 1.807) is 0 Å². The lowest BCUT2D eigenvalue weighted by Gasteiger charge is -2.11. The maximum atomic E-state index is 2.47. The minimum absolute atomic E-state index is 1.16.